The Morgan fingerprint density at radius 3 is 2.59 bits per heavy atom. The zero-order valence-corrected chi connectivity index (χ0v) is 12.8. The number of halogens is 2. The maximum Gasteiger partial charge on any atom is 0.0683 e. The summed E-state index contributed by atoms with van der Waals surface area (Å²) in [7, 11) is 1.96. The molecular formula is C13H13BrClNS. The number of hydrogen-bond donors (Lipinski definition) is 1. The summed E-state index contributed by atoms with van der Waals surface area (Å²) in [6.07, 6.45) is 0. The van der Waals surface area contributed by atoms with E-state index in [9.17, 15) is 0 Å². The molecule has 17 heavy (non-hydrogen) atoms. The Balaban J connectivity index is 2.42. The molecule has 0 saturated carbocycles. The Morgan fingerprint density at radius 2 is 2.06 bits per heavy atom. The molecule has 1 nitrogen and oxygen atoms in total. The lowest BCUT2D eigenvalue weighted by Crippen LogP contribution is -2.16. The fourth-order valence-electron chi connectivity index (χ4n) is 1.80. The summed E-state index contributed by atoms with van der Waals surface area (Å²) in [5, 5.41) is 4.10. The summed E-state index contributed by atoms with van der Waals surface area (Å²) in [4.78, 5) is 2.60. The molecule has 1 atom stereocenters. The molecule has 0 bridgehead atoms. The van der Waals surface area contributed by atoms with Gasteiger partial charge in [-0.1, -0.05) is 33.6 Å². The van der Waals surface area contributed by atoms with Gasteiger partial charge in [0.2, 0.25) is 0 Å². The van der Waals surface area contributed by atoms with E-state index in [-0.39, 0.29) is 6.04 Å². The van der Waals surface area contributed by atoms with Crippen molar-refractivity contribution in [3.63, 3.8) is 0 Å². The lowest BCUT2D eigenvalue weighted by molar-refractivity contribution is 0.704. The van der Waals surface area contributed by atoms with Crippen molar-refractivity contribution in [2.75, 3.05) is 7.05 Å². The van der Waals surface area contributed by atoms with Crippen LogP contribution < -0.4 is 5.32 Å². The normalized spacial score (nSPS) is 12.7. The maximum atomic E-state index is 6.29. The average Bonchev–Trinajstić information content (AvgIpc) is 2.69. The smallest absolute Gasteiger partial charge is 0.0683 e. The highest BCUT2D eigenvalue weighted by atomic mass is 79.9. The van der Waals surface area contributed by atoms with Gasteiger partial charge < -0.3 is 5.32 Å². The van der Waals surface area contributed by atoms with Crippen molar-refractivity contribution in [3.8, 4) is 0 Å². The van der Waals surface area contributed by atoms with Gasteiger partial charge >= 0.3 is 0 Å². The fraction of sp³-hybridized carbons (Fsp3) is 0.231. The fourth-order valence-corrected chi connectivity index (χ4v) is 3.58. The van der Waals surface area contributed by atoms with Crippen LogP contribution in [0.1, 0.15) is 21.4 Å². The van der Waals surface area contributed by atoms with Crippen molar-refractivity contribution in [2.45, 2.75) is 13.0 Å². The molecule has 2 rings (SSSR count). The molecule has 1 heterocycles. The molecule has 4 heteroatoms. The highest BCUT2D eigenvalue weighted by Crippen LogP contribution is 2.33. The van der Waals surface area contributed by atoms with Crippen LogP contribution in [0.15, 0.2) is 34.8 Å². The van der Waals surface area contributed by atoms with Gasteiger partial charge in [0.1, 0.15) is 0 Å². The van der Waals surface area contributed by atoms with Gasteiger partial charge in [0.25, 0.3) is 0 Å². The summed E-state index contributed by atoms with van der Waals surface area (Å²) in [6, 6.07) is 10.5. The second-order valence-corrected chi connectivity index (χ2v) is 6.48. The second-order valence-electron chi connectivity index (χ2n) is 3.84. The number of benzene rings is 1. The third-order valence-corrected chi connectivity index (χ3v) is 4.49. The van der Waals surface area contributed by atoms with Crippen molar-refractivity contribution in [3.05, 3.63) is 55.1 Å². The van der Waals surface area contributed by atoms with Crippen molar-refractivity contribution < 1.29 is 0 Å². The number of aryl methyl sites for hydroxylation is 1. The van der Waals surface area contributed by atoms with Crippen LogP contribution >= 0.6 is 38.9 Å². The zero-order valence-electron chi connectivity index (χ0n) is 9.63. The predicted molar refractivity (Wildman–Crippen MR) is 79.1 cm³/mol. The minimum Gasteiger partial charge on any atom is -0.309 e. The van der Waals surface area contributed by atoms with Crippen molar-refractivity contribution >= 4 is 38.9 Å². The van der Waals surface area contributed by atoms with E-state index in [1.807, 2.05) is 19.2 Å². The van der Waals surface area contributed by atoms with Crippen LogP contribution in [0.3, 0.4) is 0 Å². The largest absolute Gasteiger partial charge is 0.309 e. The van der Waals surface area contributed by atoms with Gasteiger partial charge in [-0.05, 0) is 43.8 Å². The molecule has 1 aromatic carbocycles. The van der Waals surface area contributed by atoms with Gasteiger partial charge in [0.05, 0.1) is 6.04 Å². The van der Waals surface area contributed by atoms with Crippen molar-refractivity contribution in [2.24, 2.45) is 0 Å². The first-order valence-electron chi connectivity index (χ1n) is 5.30. The summed E-state index contributed by atoms with van der Waals surface area (Å²) >= 11 is 11.5. The van der Waals surface area contributed by atoms with Crippen LogP contribution in [-0.4, -0.2) is 7.05 Å². The third kappa shape index (κ3) is 2.91. The molecule has 0 aliphatic rings. The maximum absolute atomic E-state index is 6.29. The molecule has 0 aliphatic heterocycles. The van der Waals surface area contributed by atoms with E-state index in [0.29, 0.717) is 0 Å². The molecule has 2 aromatic rings. The third-order valence-electron chi connectivity index (χ3n) is 2.61. The van der Waals surface area contributed by atoms with E-state index in [1.165, 1.54) is 9.75 Å². The predicted octanol–water partition coefficient (Wildman–Crippen LogP) is 4.78. The Hall–Kier alpha value is -0.350. The number of thiophene rings is 1. The lowest BCUT2D eigenvalue weighted by atomic mass is 10.1. The summed E-state index contributed by atoms with van der Waals surface area (Å²) in [5.41, 5.74) is 1.11. The van der Waals surface area contributed by atoms with Gasteiger partial charge in [-0.15, -0.1) is 11.3 Å². The molecule has 1 unspecified atom stereocenters. The van der Waals surface area contributed by atoms with Crippen LogP contribution in [0, 0.1) is 6.92 Å². The Bertz CT molecular complexity index is 524. The topological polar surface area (TPSA) is 12.0 Å². The molecule has 1 aromatic heterocycles. The summed E-state index contributed by atoms with van der Waals surface area (Å²) in [5.74, 6) is 0. The van der Waals surface area contributed by atoms with E-state index in [2.05, 4.69) is 46.4 Å². The molecule has 0 fully saturated rings. The molecule has 1 N–H and O–H groups in total. The van der Waals surface area contributed by atoms with Crippen LogP contribution in [0.2, 0.25) is 5.02 Å². The van der Waals surface area contributed by atoms with Gasteiger partial charge in [-0.25, -0.2) is 0 Å². The van der Waals surface area contributed by atoms with Crippen LogP contribution in [0.4, 0.5) is 0 Å². The Morgan fingerprint density at radius 1 is 1.29 bits per heavy atom. The lowest BCUT2D eigenvalue weighted by Gasteiger charge is -2.16. The number of rotatable bonds is 3. The van der Waals surface area contributed by atoms with E-state index in [4.69, 9.17) is 11.6 Å². The minimum atomic E-state index is 0.161. The molecular weight excluding hydrogens is 318 g/mol. The Labute approximate surface area is 119 Å². The van der Waals surface area contributed by atoms with Crippen LogP contribution in [-0.2, 0) is 0 Å². The van der Waals surface area contributed by atoms with E-state index >= 15 is 0 Å². The molecule has 0 spiro atoms. The van der Waals surface area contributed by atoms with Crippen molar-refractivity contribution in [1.82, 2.24) is 5.32 Å². The second kappa shape index (κ2) is 5.53. The number of nitrogens with one attached hydrogen (secondary N) is 1. The van der Waals surface area contributed by atoms with Gasteiger partial charge in [-0.3, -0.25) is 0 Å². The van der Waals surface area contributed by atoms with Gasteiger partial charge in [0.15, 0.2) is 0 Å². The zero-order chi connectivity index (χ0) is 12.4. The summed E-state index contributed by atoms with van der Waals surface area (Å²) < 4.78 is 1.00. The molecule has 90 valence electrons. The highest BCUT2D eigenvalue weighted by Gasteiger charge is 2.16. The molecule has 0 amide bonds. The standard InChI is InChI=1S/C13H13BrClNS/c1-8-3-6-12(17-8)13(16-2)10-5-4-9(14)7-11(10)15/h3-7,13,16H,1-2H3. The Kier molecular flexibility index (Phi) is 4.26. The molecule has 0 radical (unpaired) electrons. The quantitative estimate of drug-likeness (QED) is 0.854. The molecule has 0 saturated heterocycles. The first-order valence-corrected chi connectivity index (χ1v) is 7.29. The van der Waals surface area contributed by atoms with Crippen LogP contribution in [0.5, 0.6) is 0 Å². The monoisotopic (exact) mass is 329 g/mol. The van der Waals surface area contributed by atoms with E-state index in [0.717, 1.165) is 15.1 Å². The van der Waals surface area contributed by atoms with Crippen LogP contribution in [0.25, 0.3) is 0 Å². The molecule has 0 aliphatic carbocycles. The highest BCUT2D eigenvalue weighted by molar-refractivity contribution is 9.10. The van der Waals surface area contributed by atoms with E-state index < -0.39 is 0 Å². The van der Waals surface area contributed by atoms with Gasteiger partial charge in [-0.2, -0.15) is 0 Å². The SMILES string of the molecule is CNC(c1ccc(C)s1)c1ccc(Br)cc1Cl. The summed E-state index contributed by atoms with van der Waals surface area (Å²) in [6.45, 7) is 2.12. The van der Waals surface area contributed by atoms with E-state index in [1.54, 1.807) is 11.3 Å². The average molecular weight is 331 g/mol. The first-order chi connectivity index (χ1) is 8.11. The van der Waals surface area contributed by atoms with Gasteiger partial charge in [0, 0.05) is 19.2 Å². The number of hydrogen-bond acceptors (Lipinski definition) is 2. The minimum absolute atomic E-state index is 0.161. The first kappa shape index (κ1) is 13.1. The van der Waals surface area contributed by atoms with Crippen molar-refractivity contribution in [1.29, 1.82) is 0 Å².